The van der Waals surface area contributed by atoms with E-state index in [4.69, 9.17) is 9.97 Å². The summed E-state index contributed by atoms with van der Waals surface area (Å²) >= 11 is 0. The van der Waals surface area contributed by atoms with Gasteiger partial charge in [-0.1, -0.05) is 114 Å². The van der Waals surface area contributed by atoms with E-state index in [1.165, 1.54) is 33.4 Å². The Morgan fingerprint density at radius 2 is 0.870 bits per heavy atom. The van der Waals surface area contributed by atoms with E-state index in [1.807, 2.05) is 24.5 Å². The molecule has 2 nitrogen and oxygen atoms in total. The zero-order valence-electron chi connectivity index (χ0n) is 27.3. The van der Waals surface area contributed by atoms with Gasteiger partial charge in [-0.15, -0.1) is 69.8 Å². The van der Waals surface area contributed by atoms with Crippen LogP contribution < -0.4 is 0 Å². The van der Waals surface area contributed by atoms with E-state index in [9.17, 15) is 0 Å². The third-order valence-electron chi connectivity index (χ3n) is 9.11. The minimum absolute atomic E-state index is 0. The maximum absolute atomic E-state index is 4.82. The molecule has 46 heavy (non-hydrogen) atoms. The molecule has 0 amide bonds. The van der Waals surface area contributed by atoms with Gasteiger partial charge in [-0.25, -0.2) is 0 Å². The van der Waals surface area contributed by atoms with Gasteiger partial charge in [0.2, 0.25) is 0 Å². The molecule has 6 aromatic rings. The van der Waals surface area contributed by atoms with Gasteiger partial charge in [0.15, 0.2) is 0 Å². The number of hydrogen-bond acceptors (Lipinski definition) is 2. The van der Waals surface area contributed by atoms with Gasteiger partial charge in [0.25, 0.3) is 0 Å². The van der Waals surface area contributed by atoms with Gasteiger partial charge < -0.3 is 9.97 Å². The fourth-order valence-corrected chi connectivity index (χ4v) is 7.06. The summed E-state index contributed by atoms with van der Waals surface area (Å²) < 4.78 is 0. The summed E-state index contributed by atoms with van der Waals surface area (Å²) in [6.07, 6.45) is 3.74. The summed E-state index contributed by atoms with van der Waals surface area (Å²) in [6.45, 7) is 13.6. The average Bonchev–Trinajstić information content (AvgIpc) is 3.35. The van der Waals surface area contributed by atoms with Gasteiger partial charge in [-0.3, -0.25) is 0 Å². The smallest absolute Gasteiger partial charge is 0.305 e. The van der Waals surface area contributed by atoms with Crippen LogP contribution >= 0.6 is 0 Å². The van der Waals surface area contributed by atoms with Crippen molar-refractivity contribution >= 4 is 0 Å². The Hall–Kier alpha value is -4.13. The molecule has 3 heteroatoms. The van der Waals surface area contributed by atoms with Crippen molar-refractivity contribution in [3.8, 4) is 33.6 Å². The number of hydrogen-bond donors (Lipinski definition) is 0. The van der Waals surface area contributed by atoms with Crippen molar-refractivity contribution in [2.45, 2.75) is 57.8 Å². The van der Waals surface area contributed by atoms with Crippen LogP contribution in [0.4, 0.5) is 0 Å². The molecule has 0 radical (unpaired) electrons. The van der Waals surface area contributed by atoms with Crippen LogP contribution in [0.1, 0.15) is 74.9 Å². The molecule has 2 heterocycles. The van der Waals surface area contributed by atoms with Crippen LogP contribution in [0.25, 0.3) is 33.6 Å². The van der Waals surface area contributed by atoms with Crippen molar-refractivity contribution < 1.29 is 21.1 Å². The van der Waals surface area contributed by atoms with Gasteiger partial charge in [-0.2, -0.15) is 0 Å². The molecule has 0 aliphatic heterocycles. The molecule has 2 aromatic heterocycles. The van der Waals surface area contributed by atoms with Gasteiger partial charge in [0, 0.05) is 17.8 Å². The summed E-state index contributed by atoms with van der Waals surface area (Å²) in [7, 11) is 0. The van der Waals surface area contributed by atoms with Crippen LogP contribution in [0.5, 0.6) is 0 Å². The molecule has 0 N–H and O–H groups in total. The maximum atomic E-state index is 4.82. The molecule has 7 rings (SSSR count). The molecule has 0 atom stereocenters. The fourth-order valence-electron chi connectivity index (χ4n) is 7.06. The zero-order valence-corrected chi connectivity index (χ0v) is 29.5. The largest absolute Gasteiger partial charge is 2.00 e. The molecular weight excluding hydrogens is 740 g/mol. The second kappa shape index (κ2) is 11.9. The molecule has 0 bridgehead atoms. The van der Waals surface area contributed by atoms with Crippen LogP contribution in [-0.4, -0.2) is 9.97 Å². The predicted octanol–water partition coefficient (Wildman–Crippen LogP) is 10.4. The van der Waals surface area contributed by atoms with E-state index in [0.717, 1.165) is 33.6 Å². The molecular formula is C43H38N2Pt. The monoisotopic (exact) mass is 777 g/mol. The van der Waals surface area contributed by atoms with Crippen molar-refractivity contribution in [3.63, 3.8) is 0 Å². The molecule has 0 unspecified atom stereocenters. The molecule has 0 spiro atoms. The number of benzene rings is 4. The average molecular weight is 778 g/mol. The van der Waals surface area contributed by atoms with Gasteiger partial charge in [0.1, 0.15) is 0 Å². The van der Waals surface area contributed by atoms with E-state index in [0.29, 0.717) is 0 Å². The quantitative estimate of drug-likeness (QED) is 0.166. The van der Waals surface area contributed by atoms with Gasteiger partial charge in [-0.05, 0) is 56.6 Å². The summed E-state index contributed by atoms with van der Waals surface area (Å²) in [5, 5.41) is 0. The van der Waals surface area contributed by atoms with Crippen molar-refractivity contribution in [1.29, 1.82) is 0 Å². The Labute approximate surface area is 288 Å². The predicted molar refractivity (Wildman–Crippen MR) is 185 cm³/mol. The minimum atomic E-state index is -0.646. The van der Waals surface area contributed by atoms with Crippen molar-refractivity contribution in [1.82, 2.24) is 9.97 Å². The van der Waals surface area contributed by atoms with Crippen LogP contribution in [0.3, 0.4) is 0 Å². The van der Waals surface area contributed by atoms with E-state index in [1.54, 1.807) is 0 Å². The molecule has 0 saturated heterocycles. The third kappa shape index (κ3) is 5.18. The second-order valence-corrected chi connectivity index (χ2v) is 14.1. The van der Waals surface area contributed by atoms with E-state index in [2.05, 4.69) is 151 Å². The Kier molecular flexibility index (Phi) is 8.24. The molecule has 230 valence electrons. The Morgan fingerprint density at radius 1 is 0.478 bits per heavy atom. The first-order chi connectivity index (χ1) is 21.6. The Morgan fingerprint density at radius 3 is 1.24 bits per heavy atom. The van der Waals surface area contributed by atoms with Crippen LogP contribution in [0, 0.1) is 12.1 Å². The summed E-state index contributed by atoms with van der Waals surface area (Å²) in [4.78, 5) is 9.64. The first-order valence-corrected chi connectivity index (χ1v) is 15.8. The van der Waals surface area contributed by atoms with Crippen molar-refractivity contribution in [2.75, 3.05) is 0 Å². The topological polar surface area (TPSA) is 25.8 Å². The number of rotatable bonds is 4. The maximum Gasteiger partial charge on any atom is 2.00 e. The number of aromatic nitrogens is 2. The van der Waals surface area contributed by atoms with Gasteiger partial charge in [0.05, 0.1) is 0 Å². The zero-order chi connectivity index (χ0) is 31.4. The molecule has 1 aliphatic carbocycles. The van der Waals surface area contributed by atoms with E-state index < -0.39 is 5.41 Å². The molecule has 0 fully saturated rings. The first-order valence-electron chi connectivity index (χ1n) is 15.8. The van der Waals surface area contributed by atoms with E-state index >= 15 is 0 Å². The number of pyridine rings is 2. The normalized spacial score (nSPS) is 13.4. The molecule has 1 aliphatic rings. The van der Waals surface area contributed by atoms with Crippen LogP contribution in [0.2, 0.25) is 0 Å². The minimum Gasteiger partial charge on any atom is -0.305 e. The first kappa shape index (κ1) is 31.8. The van der Waals surface area contributed by atoms with Crippen molar-refractivity contribution in [3.05, 3.63) is 167 Å². The van der Waals surface area contributed by atoms with Crippen LogP contribution in [0.15, 0.2) is 122 Å². The summed E-state index contributed by atoms with van der Waals surface area (Å²) in [5.74, 6) is 0. The Bertz CT molecular complexity index is 1870. The standard InChI is InChI=1S/C43H38N2.Pt/c1-41(2,3)35-23-21-29(27-33(35)39-19-11-13-25-44-39)43(37-17-9-7-15-31(37)32-16-8-10-18-38(32)43)30-22-24-36(42(4,5)6)34(28-30)40-20-12-14-26-45-40;/h7-26H,1-6H3;/q-2;+2. The number of fused-ring (bicyclic) bond motifs is 3. The SMILES string of the molecule is CC(C)(C)c1ccc(C2(c3[c-]c(-c4ccccn4)c(C(C)(C)C)cc3)c3ccccc3-c3ccccc32)[c-]c1-c1ccccn1.[Pt+2]. The Balaban J connectivity index is 0.00000372. The van der Waals surface area contributed by atoms with Crippen molar-refractivity contribution in [2.24, 2.45) is 0 Å². The summed E-state index contributed by atoms with van der Waals surface area (Å²) in [6, 6.07) is 47.1. The number of nitrogens with zero attached hydrogens (tertiary/aromatic N) is 2. The second-order valence-electron chi connectivity index (χ2n) is 14.1. The third-order valence-corrected chi connectivity index (χ3v) is 9.11. The fraction of sp³-hybridized carbons (Fsp3) is 0.209. The van der Waals surface area contributed by atoms with E-state index in [-0.39, 0.29) is 31.9 Å². The summed E-state index contributed by atoms with van der Waals surface area (Å²) in [5.41, 5.74) is 12.7. The van der Waals surface area contributed by atoms with Gasteiger partial charge >= 0.3 is 21.1 Å². The molecule has 4 aromatic carbocycles. The van der Waals surface area contributed by atoms with Crippen LogP contribution in [-0.2, 0) is 37.3 Å². The molecule has 0 saturated carbocycles.